The first kappa shape index (κ1) is 25.1. The Morgan fingerprint density at radius 3 is 2.26 bits per heavy atom. The molecule has 0 spiro atoms. The lowest BCUT2D eigenvalue weighted by Crippen LogP contribution is -2.12. The van der Waals surface area contributed by atoms with Crippen molar-refractivity contribution in [2.24, 2.45) is 5.73 Å². The van der Waals surface area contributed by atoms with E-state index in [2.05, 4.69) is 36.2 Å². The zero-order valence-electron chi connectivity index (χ0n) is 18.2. The smallest absolute Gasteiger partial charge is 0.120 e. The largest absolute Gasteiger partial charge is 0.497 e. The average molecular weight is 389 g/mol. The van der Waals surface area contributed by atoms with Gasteiger partial charge in [-0.3, -0.25) is 0 Å². The number of aryl methyl sites for hydroxylation is 1. The van der Waals surface area contributed by atoms with Crippen molar-refractivity contribution < 1.29 is 4.74 Å². The van der Waals surface area contributed by atoms with Crippen LogP contribution >= 0.6 is 11.3 Å². The molecule has 0 aliphatic rings. The van der Waals surface area contributed by atoms with Gasteiger partial charge in [0.05, 0.1) is 23.4 Å². The van der Waals surface area contributed by atoms with Gasteiger partial charge in [0, 0.05) is 0 Å². The third-order valence-electron chi connectivity index (χ3n) is 3.47. The number of nitrogens with zero attached hydrogens (tertiary/aromatic N) is 1. The van der Waals surface area contributed by atoms with Crippen LogP contribution < -0.4 is 10.5 Å². The summed E-state index contributed by atoms with van der Waals surface area (Å²) in [7, 11) is 1.67. The zero-order valence-corrected chi connectivity index (χ0v) is 19.0. The van der Waals surface area contributed by atoms with Gasteiger partial charge in [0.2, 0.25) is 0 Å². The van der Waals surface area contributed by atoms with Crippen LogP contribution in [-0.2, 0) is 6.42 Å². The van der Waals surface area contributed by atoms with Gasteiger partial charge in [-0.15, -0.1) is 11.3 Å². The summed E-state index contributed by atoms with van der Waals surface area (Å²) in [5.74, 6) is 0.852. The quantitative estimate of drug-likeness (QED) is 0.527. The number of methoxy groups -OCH3 is 1. The number of ether oxygens (including phenoxy) is 1. The molecule has 1 atom stereocenters. The van der Waals surface area contributed by atoms with Crippen molar-refractivity contribution in [1.82, 2.24) is 4.98 Å². The Morgan fingerprint density at radius 2 is 1.67 bits per heavy atom. The number of benzene rings is 2. The van der Waals surface area contributed by atoms with Crippen molar-refractivity contribution in [2.75, 3.05) is 7.11 Å². The fourth-order valence-electron chi connectivity index (χ4n) is 2.39. The highest BCUT2D eigenvalue weighted by atomic mass is 32.1. The predicted octanol–water partition coefficient (Wildman–Crippen LogP) is 6.93. The van der Waals surface area contributed by atoms with E-state index in [9.17, 15) is 0 Å². The number of thiazole rings is 1. The van der Waals surface area contributed by atoms with E-state index in [0.717, 1.165) is 27.4 Å². The first-order valence-corrected chi connectivity index (χ1v) is 10.7. The molecule has 0 saturated heterocycles. The van der Waals surface area contributed by atoms with E-state index in [-0.39, 0.29) is 6.04 Å². The van der Waals surface area contributed by atoms with Gasteiger partial charge in [-0.2, -0.15) is 0 Å². The van der Waals surface area contributed by atoms with E-state index in [1.54, 1.807) is 18.4 Å². The van der Waals surface area contributed by atoms with Crippen LogP contribution in [0.25, 0.3) is 10.2 Å². The van der Waals surface area contributed by atoms with Gasteiger partial charge in [0.15, 0.2) is 0 Å². The van der Waals surface area contributed by atoms with Crippen LogP contribution in [0.15, 0.2) is 42.5 Å². The van der Waals surface area contributed by atoms with Gasteiger partial charge < -0.3 is 10.5 Å². The van der Waals surface area contributed by atoms with Crippen molar-refractivity contribution in [1.29, 1.82) is 0 Å². The second-order valence-electron chi connectivity index (χ2n) is 5.19. The lowest BCUT2D eigenvalue weighted by Gasteiger charge is -2.08. The molecule has 150 valence electrons. The number of fused-ring (bicyclic) bond motifs is 1. The van der Waals surface area contributed by atoms with E-state index in [0.29, 0.717) is 0 Å². The van der Waals surface area contributed by atoms with Crippen LogP contribution in [0.3, 0.4) is 0 Å². The standard InChI is InChI=1S/C17H18N2OS.3C2H6/c1-11-4-3-5-12(8-11)9-14(18)17-19-15-7-6-13(20-2)10-16(15)21-17;3*1-2/h3-8,10,14H,9,18H2,1-2H3;3*1-2H3. The summed E-state index contributed by atoms with van der Waals surface area (Å²) >= 11 is 1.64. The second-order valence-corrected chi connectivity index (χ2v) is 6.25. The zero-order chi connectivity index (χ0) is 20.8. The third-order valence-corrected chi connectivity index (χ3v) is 4.62. The molecule has 3 nitrogen and oxygen atoms in total. The molecule has 0 radical (unpaired) electrons. The highest BCUT2D eigenvalue weighted by Gasteiger charge is 2.13. The normalized spacial score (nSPS) is 10.4. The molecule has 0 aliphatic carbocycles. The van der Waals surface area contributed by atoms with Crippen LogP contribution in [0, 0.1) is 6.92 Å². The van der Waals surface area contributed by atoms with E-state index in [4.69, 9.17) is 10.5 Å². The fourth-order valence-corrected chi connectivity index (χ4v) is 3.39. The summed E-state index contributed by atoms with van der Waals surface area (Å²) in [6.07, 6.45) is 0.804. The molecule has 0 amide bonds. The number of aromatic nitrogens is 1. The molecule has 27 heavy (non-hydrogen) atoms. The van der Waals surface area contributed by atoms with E-state index < -0.39 is 0 Å². The minimum atomic E-state index is -0.0739. The Balaban J connectivity index is 0.00000103. The van der Waals surface area contributed by atoms with Gasteiger partial charge >= 0.3 is 0 Å². The van der Waals surface area contributed by atoms with Crippen LogP contribution in [-0.4, -0.2) is 12.1 Å². The SMILES string of the molecule is CC.CC.CC.COc1ccc2nc(C(N)Cc3cccc(C)c3)sc2c1. The highest BCUT2D eigenvalue weighted by Crippen LogP contribution is 2.29. The van der Waals surface area contributed by atoms with Crippen LogP contribution in [0.4, 0.5) is 0 Å². The molecule has 1 unspecified atom stereocenters. The lowest BCUT2D eigenvalue weighted by molar-refractivity contribution is 0.415. The summed E-state index contributed by atoms with van der Waals surface area (Å²) in [6.45, 7) is 14.1. The summed E-state index contributed by atoms with van der Waals surface area (Å²) in [4.78, 5) is 4.64. The van der Waals surface area contributed by atoms with Gasteiger partial charge in [0.1, 0.15) is 10.8 Å². The Morgan fingerprint density at radius 1 is 1.00 bits per heavy atom. The summed E-state index contributed by atoms with van der Waals surface area (Å²) in [5.41, 5.74) is 9.82. The molecule has 0 bridgehead atoms. The maximum atomic E-state index is 6.33. The highest BCUT2D eigenvalue weighted by molar-refractivity contribution is 7.18. The maximum absolute atomic E-state index is 6.33. The van der Waals surface area contributed by atoms with Crippen molar-refractivity contribution >= 4 is 21.6 Å². The first-order valence-electron chi connectivity index (χ1n) is 9.91. The number of nitrogens with two attached hydrogens (primary N) is 1. The minimum absolute atomic E-state index is 0.0739. The number of hydrogen-bond donors (Lipinski definition) is 1. The minimum Gasteiger partial charge on any atom is -0.497 e. The van der Waals surface area contributed by atoms with Crippen LogP contribution in [0.2, 0.25) is 0 Å². The van der Waals surface area contributed by atoms with Crippen LogP contribution in [0.5, 0.6) is 5.75 Å². The van der Waals surface area contributed by atoms with E-state index in [1.807, 2.05) is 59.7 Å². The Bertz CT molecular complexity index is 768. The molecule has 4 heteroatoms. The molecule has 0 aliphatic heterocycles. The summed E-state index contributed by atoms with van der Waals surface area (Å²) < 4.78 is 6.36. The average Bonchev–Trinajstić information content (AvgIpc) is 3.16. The van der Waals surface area contributed by atoms with Gasteiger partial charge in [0.25, 0.3) is 0 Å². The Labute approximate surface area is 169 Å². The van der Waals surface area contributed by atoms with Crippen molar-refractivity contribution in [2.45, 2.75) is 60.9 Å². The number of rotatable bonds is 4. The summed E-state index contributed by atoms with van der Waals surface area (Å²) in [5, 5.41) is 0.972. The van der Waals surface area contributed by atoms with Crippen molar-refractivity contribution in [3.8, 4) is 5.75 Å². The summed E-state index contributed by atoms with van der Waals surface area (Å²) in [6, 6.07) is 14.3. The Kier molecular flexibility index (Phi) is 13.2. The second kappa shape index (κ2) is 14.2. The van der Waals surface area contributed by atoms with E-state index in [1.165, 1.54) is 11.1 Å². The maximum Gasteiger partial charge on any atom is 0.120 e. The first-order chi connectivity index (χ1) is 13.2. The third kappa shape index (κ3) is 7.69. The Hall–Kier alpha value is -1.91. The van der Waals surface area contributed by atoms with Gasteiger partial charge in [-0.25, -0.2) is 4.98 Å². The predicted molar refractivity (Wildman–Crippen MR) is 122 cm³/mol. The van der Waals surface area contributed by atoms with Crippen molar-refractivity contribution in [3.05, 3.63) is 58.6 Å². The molecular weight excluding hydrogens is 352 g/mol. The van der Waals surface area contributed by atoms with Crippen LogP contribution in [0.1, 0.15) is 63.7 Å². The molecule has 1 aromatic heterocycles. The molecule has 0 fully saturated rings. The molecule has 3 aromatic rings. The van der Waals surface area contributed by atoms with Gasteiger partial charge in [-0.1, -0.05) is 71.4 Å². The number of hydrogen-bond acceptors (Lipinski definition) is 4. The molecule has 1 heterocycles. The molecule has 2 aromatic carbocycles. The fraction of sp³-hybridized carbons (Fsp3) is 0.435. The van der Waals surface area contributed by atoms with Crippen molar-refractivity contribution in [3.63, 3.8) is 0 Å². The lowest BCUT2D eigenvalue weighted by atomic mass is 10.0. The van der Waals surface area contributed by atoms with E-state index >= 15 is 0 Å². The monoisotopic (exact) mass is 388 g/mol. The topological polar surface area (TPSA) is 48.1 Å². The molecular formula is C23H36N2OS. The molecule has 0 saturated carbocycles. The van der Waals surface area contributed by atoms with Gasteiger partial charge in [-0.05, 0) is 37.1 Å². The molecule has 2 N–H and O–H groups in total. The molecule has 3 rings (SSSR count).